The molecule has 3 aromatic carbocycles. The summed E-state index contributed by atoms with van der Waals surface area (Å²) in [6.45, 7) is 2.08. The Morgan fingerprint density at radius 2 is 1.64 bits per heavy atom. The summed E-state index contributed by atoms with van der Waals surface area (Å²) in [5.74, 6) is -2.29. The summed E-state index contributed by atoms with van der Waals surface area (Å²) in [4.78, 5) is 26.2. The van der Waals surface area contributed by atoms with Crippen molar-refractivity contribution in [3.63, 3.8) is 0 Å². The van der Waals surface area contributed by atoms with Gasteiger partial charge in [-0.05, 0) is 55.8 Å². The molecule has 0 saturated carbocycles. The maximum Gasteiger partial charge on any atom is 0.416 e. The molecule has 0 aliphatic rings. The van der Waals surface area contributed by atoms with Gasteiger partial charge in [-0.1, -0.05) is 41.9 Å². The highest BCUT2D eigenvalue weighted by atomic mass is 35.5. The molecule has 0 atom stereocenters. The molecule has 0 fully saturated rings. The Labute approximate surface area is 224 Å². The molecule has 39 heavy (non-hydrogen) atoms. The van der Waals surface area contributed by atoms with Gasteiger partial charge in [-0.15, -0.1) is 5.10 Å². The SMILES string of the molecule is CC(C)(NC(=O)Cn1nc(-c2ccc(Cl)cc2F)n(Cc2ccccc2F)c1=O)c1cccc(C(F)(F)F)c1. The quantitative estimate of drug-likeness (QED) is 0.290. The molecule has 12 heteroatoms. The van der Waals surface area contributed by atoms with Gasteiger partial charge in [0.05, 0.1) is 23.2 Å². The van der Waals surface area contributed by atoms with Crippen molar-refractivity contribution in [2.75, 3.05) is 0 Å². The Hall–Kier alpha value is -3.99. The molecular formula is C27H22ClF5N4O2. The van der Waals surface area contributed by atoms with Gasteiger partial charge in [-0.2, -0.15) is 13.2 Å². The Morgan fingerprint density at radius 3 is 2.31 bits per heavy atom. The number of amides is 1. The van der Waals surface area contributed by atoms with E-state index in [9.17, 15) is 31.5 Å². The molecule has 0 radical (unpaired) electrons. The van der Waals surface area contributed by atoms with Gasteiger partial charge in [-0.3, -0.25) is 9.36 Å². The first-order valence-electron chi connectivity index (χ1n) is 11.6. The van der Waals surface area contributed by atoms with Crippen molar-refractivity contribution < 1.29 is 26.7 Å². The highest BCUT2D eigenvalue weighted by Crippen LogP contribution is 2.32. The fourth-order valence-corrected chi connectivity index (χ4v) is 4.19. The summed E-state index contributed by atoms with van der Waals surface area (Å²) in [5.41, 5.74) is -2.73. The monoisotopic (exact) mass is 564 g/mol. The maximum atomic E-state index is 14.8. The molecule has 6 nitrogen and oxygen atoms in total. The molecule has 0 unspecified atom stereocenters. The third-order valence-electron chi connectivity index (χ3n) is 6.04. The first-order chi connectivity index (χ1) is 18.3. The van der Waals surface area contributed by atoms with Crippen molar-refractivity contribution in [3.05, 3.63) is 111 Å². The van der Waals surface area contributed by atoms with E-state index in [1.165, 1.54) is 56.3 Å². The van der Waals surface area contributed by atoms with Crippen LogP contribution in [0.3, 0.4) is 0 Å². The predicted molar refractivity (Wildman–Crippen MR) is 135 cm³/mol. The predicted octanol–water partition coefficient (Wildman–Crippen LogP) is 5.76. The summed E-state index contributed by atoms with van der Waals surface area (Å²) in [6, 6.07) is 13.9. The van der Waals surface area contributed by atoms with Gasteiger partial charge in [0.1, 0.15) is 18.2 Å². The van der Waals surface area contributed by atoms with Crippen molar-refractivity contribution in [2.45, 2.75) is 38.7 Å². The molecule has 204 valence electrons. The number of carbonyl (C=O) groups excluding carboxylic acids is 1. The number of nitrogens with one attached hydrogen (secondary N) is 1. The van der Waals surface area contributed by atoms with Crippen molar-refractivity contribution in [1.82, 2.24) is 19.7 Å². The first-order valence-corrected chi connectivity index (χ1v) is 12.0. The standard InChI is InChI=1S/C27H22ClF5N4O2/c1-26(2,17-7-5-8-18(12-17)27(31,32)33)34-23(38)15-37-25(39)36(14-16-6-3-4-9-21(16)29)24(35-37)20-11-10-19(28)13-22(20)30/h3-13H,14-15H2,1-2H3,(H,34,38). The van der Waals surface area contributed by atoms with E-state index in [4.69, 9.17) is 11.6 Å². The average Bonchev–Trinajstić information content (AvgIpc) is 3.14. The fourth-order valence-electron chi connectivity index (χ4n) is 4.03. The second-order valence-corrected chi connectivity index (χ2v) is 9.75. The zero-order chi connectivity index (χ0) is 28.5. The first kappa shape index (κ1) is 28.0. The molecule has 0 aliphatic carbocycles. The molecule has 1 aromatic heterocycles. The molecule has 0 bridgehead atoms. The minimum absolute atomic E-state index is 0.101. The molecule has 4 aromatic rings. The lowest BCUT2D eigenvalue weighted by molar-refractivity contribution is -0.137. The average molecular weight is 565 g/mol. The number of nitrogens with zero attached hydrogens (tertiary/aromatic N) is 3. The van der Waals surface area contributed by atoms with E-state index < -0.39 is 47.1 Å². The van der Waals surface area contributed by atoms with Gasteiger partial charge in [0.2, 0.25) is 5.91 Å². The summed E-state index contributed by atoms with van der Waals surface area (Å²) < 4.78 is 70.5. The number of benzene rings is 3. The fraction of sp³-hybridized carbons (Fsp3) is 0.222. The van der Waals surface area contributed by atoms with Crippen molar-refractivity contribution in [2.24, 2.45) is 0 Å². The van der Waals surface area contributed by atoms with Crippen molar-refractivity contribution in [1.29, 1.82) is 0 Å². The summed E-state index contributed by atoms with van der Waals surface area (Å²) >= 11 is 5.85. The number of carbonyl (C=O) groups is 1. The van der Waals surface area contributed by atoms with E-state index in [0.717, 1.165) is 27.4 Å². The van der Waals surface area contributed by atoms with Crippen LogP contribution in [0.15, 0.2) is 71.5 Å². The number of hydrogen-bond donors (Lipinski definition) is 1. The van der Waals surface area contributed by atoms with Crippen LogP contribution in [0.1, 0.15) is 30.5 Å². The van der Waals surface area contributed by atoms with Gasteiger partial charge in [0.25, 0.3) is 0 Å². The third kappa shape index (κ3) is 6.19. The molecule has 4 rings (SSSR count). The largest absolute Gasteiger partial charge is 0.416 e. The number of alkyl halides is 3. The number of hydrogen-bond acceptors (Lipinski definition) is 3. The normalized spacial score (nSPS) is 12.0. The van der Waals surface area contributed by atoms with E-state index in [1.807, 2.05) is 0 Å². The lowest BCUT2D eigenvalue weighted by atomic mass is 9.92. The second-order valence-electron chi connectivity index (χ2n) is 9.32. The van der Waals surface area contributed by atoms with Gasteiger partial charge in [-0.25, -0.2) is 18.3 Å². The van der Waals surface area contributed by atoms with Gasteiger partial charge in [0, 0.05) is 10.6 Å². The highest BCUT2D eigenvalue weighted by Gasteiger charge is 2.33. The number of aromatic nitrogens is 3. The van der Waals surface area contributed by atoms with Crippen molar-refractivity contribution in [3.8, 4) is 11.4 Å². The number of rotatable bonds is 7. The van der Waals surface area contributed by atoms with Crippen LogP contribution in [0.2, 0.25) is 5.02 Å². The van der Waals surface area contributed by atoms with E-state index in [1.54, 1.807) is 6.07 Å². The third-order valence-corrected chi connectivity index (χ3v) is 6.27. The molecular weight excluding hydrogens is 543 g/mol. The smallest absolute Gasteiger partial charge is 0.346 e. The number of halogens is 6. The Balaban J connectivity index is 1.67. The zero-order valence-corrected chi connectivity index (χ0v) is 21.4. The van der Waals surface area contributed by atoms with Crippen LogP contribution in [0.4, 0.5) is 22.0 Å². The van der Waals surface area contributed by atoms with Gasteiger partial charge < -0.3 is 5.32 Å². The summed E-state index contributed by atoms with van der Waals surface area (Å²) in [7, 11) is 0. The van der Waals surface area contributed by atoms with Crippen LogP contribution in [-0.2, 0) is 29.6 Å². The molecule has 0 aliphatic heterocycles. The van der Waals surface area contributed by atoms with Crippen LogP contribution >= 0.6 is 11.6 Å². The van der Waals surface area contributed by atoms with Crippen LogP contribution in [0, 0.1) is 11.6 Å². The van der Waals surface area contributed by atoms with Crippen LogP contribution < -0.4 is 11.0 Å². The molecule has 1 heterocycles. The minimum Gasteiger partial charge on any atom is -0.346 e. The minimum atomic E-state index is -4.57. The lowest BCUT2D eigenvalue weighted by Gasteiger charge is -2.27. The Bertz CT molecular complexity index is 1590. The molecule has 0 spiro atoms. The van der Waals surface area contributed by atoms with Crippen LogP contribution in [0.5, 0.6) is 0 Å². The zero-order valence-electron chi connectivity index (χ0n) is 20.7. The van der Waals surface area contributed by atoms with E-state index in [0.29, 0.717) is 0 Å². The lowest BCUT2D eigenvalue weighted by Crippen LogP contribution is -2.44. The van der Waals surface area contributed by atoms with Crippen molar-refractivity contribution >= 4 is 17.5 Å². The molecule has 1 amide bonds. The highest BCUT2D eigenvalue weighted by molar-refractivity contribution is 6.30. The Morgan fingerprint density at radius 1 is 0.949 bits per heavy atom. The van der Waals surface area contributed by atoms with E-state index >= 15 is 0 Å². The second kappa shape index (κ2) is 10.6. The van der Waals surface area contributed by atoms with E-state index in [2.05, 4.69) is 10.4 Å². The Kier molecular flexibility index (Phi) is 7.65. The molecule has 1 N–H and O–H groups in total. The maximum absolute atomic E-state index is 14.8. The summed E-state index contributed by atoms with van der Waals surface area (Å²) in [6.07, 6.45) is -4.57. The summed E-state index contributed by atoms with van der Waals surface area (Å²) in [5, 5.41) is 6.85. The van der Waals surface area contributed by atoms with Crippen LogP contribution in [-0.4, -0.2) is 20.3 Å². The molecule has 0 saturated heterocycles. The van der Waals surface area contributed by atoms with Crippen LogP contribution in [0.25, 0.3) is 11.4 Å². The van der Waals surface area contributed by atoms with Gasteiger partial charge >= 0.3 is 11.9 Å². The van der Waals surface area contributed by atoms with Gasteiger partial charge in [0.15, 0.2) is 5.82 Å². The topological polar surface area (TPSA) is 68.9 Å². The van der Waals surface area contributed by atoms with E-state index in [-0.39, 0.29) is 34.1 Å².